The Hall–Kier alpha value is -4.72. The van der Waals surface area contributed by atoms with E-state index in [9.17, 15) is 9.59 Å². The van der Waals surface area contributed by atoms with Gasteiger partial charge in [0.2, 0.25) is 0 Å². The van der Waals surface area contributed by atoms with Crippen LogP contribution in [0.3, 0.4) is 0 Å². The van der Waals surface area contributed by atoms with Gasteiger partial charge in [-0.1, -0.05) is 24.6 Å². The maximum absolute atomic E-state index is 12.9. The van der Waals surface area contributed by atoms with E-state index in [1.165, 1.54) is 0 Å². The van der Waals surface area contributed by atoms with E-state index in [4.69, 9.17) is 23.5 Å². The molecule has 3 heterocycles. The highest BCUT2D eigenvalue weighted by molar-refractivity contribution is 5.99. The summed E-state index contributed by atoms with van der Waals surface area (Å²) in [6, 6.07) is 19.4. The van der Waals surface area contributed by atoms with Gasteiger partial charge in [0.1, 0.15) is 11.4 Å². The standard InChI is InChI=1S/C28H23N3O5/c1-3-22(27(32)29-19-11-8-17(2)9-12-19)36-28(33)18-10-13-20-21(16-18)31-26(24-7-5-15-35-24)25(30-20)23-6-4-14-34-23/h4-16,22H,3H2,1-2H3,(H,29,32). The minimum Gasteiger partial charge on any atom is -0.463 e. The van der Waals surface area contributed by atoms with Gasteiger partial charge in [-0.25, -0.2) is 14.8 Å². The molecular formula is C28H23N3O5. The highest BCUT2D eigenvalue weighted by atomic mass is 16.5. The van der Waals surface area contributed by atoms with Crippen molar-refractivity contribution in [3.8, 4) is 22.9 Å². The van der Waals surface area contributed by atoms with Crippen LogP contribution in [0.2, 0.25) is 0 Å². The van der Waals surface area contributed by atoms with Crippen molar-refractivity contribution in [1.82, 2.24) is 9.97 Å². The Balaban J connectivity index is 1.41. The van der Waals surface area contributed by atoms with E-state index in [2.05, 4.69) is 5.32 Å². The van der Waals surface area contributed by atoms with E-state index in [0.717, 1.165) is 5.56 Å². The Morgan fingerprint density at radius 3 is 2.11 bits per heavy atom. The lowest BCUT2D eigenvalue weighted by atomic mass is 10.1. The number of furan rings is 2. The second kappa shape index (κ2) is 9.87. The van der Waals surface area contributed by atoms with Crippen LogP contribution in [0.25, 0.3) is 33.9 Å². The summed E-state index contributed by atoms with van der Waals surface area (Å²) in [6.07, 6.45) is 2.49. The molecule has 5 rings (SSSR count). The molecule has 0 aliphatic rings. The number of nitrogens with one attached hydrogen (secondary N) is 1. The molecule has 0 saturated carbocycles. The largest absolute Gasteiger partial charge is 0.463 e. The predicted octanol–water partition coefficient (Wildman–Crippen LogP) is 6.03. The molecule has 0 saturated heterocycles. The number of carbonyl (C=O) groups is 2. The lowest BCUT2D eigenvalue weighted by Gasteiger charge is -2.16. The van der Waals surface area contributed by atoms with E-state index in [1.54, 1.807) is 74.0 Å². The molecule has 1 unspecified atom stereocenters. The van der Waals surface area contributed by atoms with E-state index in [0.29, 0.717) is 46.0 Å². The number of aromatic nitrogens is 2. The molecule has 0 bridgehead atoms. The summed E-state index contributed by atoms with van der Waals surface area (Å²) < 4.78 is 16.6. The van der Waals surface area contributed by atoms with Crippen LogP contribution in [0.4, 0.5) is 5.69 Å². The molecule has 0 fully saturated rings. The van der Waals surface area contributed by atoms with Crippen molar-refractivity contribution in [2.24, 2.45) is 0 Å². The molecule has 180 valence electrons. The first kappa shape index (κ1) is 23.0. The van der Waals surface area contributed by atoms with E-state index < -0.39 is 18.0 Å². The first-order valence-corrected chi connectivity index (χ1v) is 11.5. The monoisotopic (exact) mass is 481 g/mol. The second-order valence-corrected chi connectivity index (χ2v) is 8.24. The highest BCUT2D eigenvalue weighted by Gasteiger charge is 2.23. The molecule has 5 aromatic rings. The first-order valence-electron chi connectivity index (χ1n) is 11.5. The zero-order valence-electron chi connectivity index (χ0n) is 19.7. The van der Waals surface area contributed by atoms with Gasteiger partial charge in [-0.15, -0.1) is 0 Å². The van der Waals surface area contributed by atoms with Crippen molar-refractivity contribution >= 4 is 28.6 Å². The summed E-state index contributed by atoms with van der Waals surface area (Å²) in [4.78, 5) is 35.1. The van der Waals surface area contributed by atoms with Crippen molar-refractivity contribution in [3.05, 3.63) is 90.4 Å². The normalized spacial score (nSPS) is 11.8. The smallest absolute Gasteiger partial charge is 0.338 e. The van der Waals surface area contributed by atoms with Crippen LogP contribution < -0.4 is 5.32 Å². The number of nitrogens with zero attached hydrogens (tertiary/aromatic N) is 2. The maximum Gasteiger partial charge on any atom is 0.338 e. The SMILES string of the molecule is CCC(OC(=O)c1ccc2nc(-c3ccco3)c(-c3ccco3)nc2c1)C(=O)Nc1ccc(C)cc1. The summed E-state index contributed by atoms with van der Waals surface area (Å²) in [6.45, 7) is 3.75. The average Bonchev–Trinajstić information content (AvgIpc) is 3.62. The fraction of sp³-hybridized carbons (Fsp3) is 0.143. The summed E-state index contributed by atoms with van der Waals surface area (Å²) in [5.41, 5.74) is 4.03. The molecule has 1 atom stereocenters. The number of ether oxygens (including phenoxy) is 1. The predicted molar refractivity (Wildman–Crippen MR) is 134 cm³/mol. The molecule has 0 aliphatic carbocycles. The van der Waals surface area contributed by atoms with Gasteiger partial charge in [0, 0.05) is 5.69 Å². The molecule has 8 nitrogen and oxygen atoms in total. The number of benzene rings is 2. The molecule has 0 aliphatic heterocycles. The summed E-state index contributed by atoms with van der Waals surface area (Å²) >= 11 is 0. The molecule has 0 spiro atoms. The Morgan fingerprint density at radius 2 is 1.53 bits per heavy atom. The number of rotatable bonds is 7. The fourth-order valence-electron chi connectivity index (χ4n) is 3.73. The molecule has 3 aromatic heterocycles. The fourth-order valence-corrected chi connectivity index (χ4v) is 3.73. The van der Waals surface area contributed by atoms with Crippen molar-refractivity contribution < 1.29 is 23.2 Å². The molecular weight excluding hydrogens is 458 g/mol. The number of hydrogen-bond donors (Lipinski definition) is 1. The van der Waals surface area contributed by atoms with Crippen LogP contribution in [0.1, 0.15) is 29.3 Å². The first-order chi connectivity index (χ1) is 17.5. The Morgan fingerprint density at radius 1 is 0.889 bits per heavy atom. The lowest BCUT2D eigenvalue weighted by Crippen LogP contribution is -2.32. The van der Waals surface area contributed by atoms with Crippen LogP contribution in [-0.4, -0.2) is 27.9 Å². The highest BCUT2D eigenvalue weighted by Crippen LogP contribution is 2.31. The third-order valence-corrected chi connectivity index (χ3v) is 5.64. The minimum atomic E-state index is -0.944. The average molecular weight is 482 g/mol. The molecule has 0 radical (unpaired) electrons. The van der Waals surface area contributed by atoms with Gasteiger partial charge < -0.3 is 18.9 Å². The van der Waals surface area contributed by atoms with Crippen molar-refractivity contribution in [2.45, 2.75) is 26.4 Å². The summed E-state index contributed by atoms with van der Waals surface area (Å²) in [5, 5.41) is 2.79. The number of hydrogen-bond acceptors (Lipinski definition) is 7. The molecule has 1 N–H and O–H groups in total. The van der Waals surface area contributed by atoms with E-state index >= 15 is 0 Å². The molecule has 1 amide bonds. The van der Waals surface area contributed by atoms with Crippen molar-refractivity contribution in [1.29, 1.82) is 0 Å². The van der Waals surface area contributed by atoms with Crippen LogP contribution in [0, 0.1) is 6.92 Å². The Bertz CT molecular complexity index is 1510. The molecule has 2 aromatic carbocycles. The van der Waals surface area contributed by atoms with E-state index in [1.807, 2.05) is 19.1 Å². The van der Waals surface area contributed by atoms with E-state index in [-0.39, 0.29) is 5.56 Å². The lowest BCUT2D eigenvalue weighted by molar-refractivity contribution is -0.124. The number of esters is 1. The quantitative estimate of drug-likeness (QED) is 0.283. The summed E-state index contributed by atoms with van der Waals surface area (Å²) in [7, 11) is 0. The van der Waals surface area contributed by atoms with Gasteiger partial charge in [-0.3, -0.25) is 4.79 Å². The molecule has 8 heteroatoms. The van der Waals surface area contributed by atoms with Gasteiger partial charge >= 0.3 is 5.97 Å². The van der Waals surface area contributed by atoms with Crippen LogP contribution in [-0.2, 0) is 9.53 Å². The van der Waals surface area contributed by atoms with Gasteiger partial charge in [-0.2, -0.15) is 0 Å². The van der Waals surface area contributed by atoms with Crippen molar-refractivity contribution in [3.63, 3.8) is 0 Å². The summed E-state index contributed by atoms with van der Waals surface area (Å²) in [5.74, 6) is 0.0463. The number of amides is 1. The number of anilines is 1. The van der Waals surface area contributed by atoms with Gasteiger partial charge in [-0.05, 0) is 67.9 Å². The van der Waals surface area contributed by atoms with Crippen LogP contribution >= 0.6 is 0 Å². The Kier molecular flexibility index (Phi) is 6.32. The van der Waals surface area contributed by atoms with Gasteiger partial charge in [0.15, 0.2) is 17.6 Å². The number of fused-ring (bicyclic) bond motifs is 1. The second-order valence-electron chi connectivity index (χ2n) is 8.24. The number of aryl methyl sites for hydroxylation is 1. The zero-order valence-corrected chi connectivity index (χ0v) is 19.7. The molecule has 36 heavy (non-hydrogen) atoms. The third kappa shape index (κ3) is 4.74. The van der Waals surface area contributed by atoms with Gasteiger partial charge in [0.25, 0.3) is 5.91 Å². The van der Waals surface area contributed by atoms with Gasteiger partial charge in [0.05, 0.1) is 29.1 Å². The van der Waals surface area contributed by atoms with Crippen LogP contribution in [0.5, 0.6) is 0 Å². The van der Waals surface area contributed by atoms with Crippen molar-refractivity contribution in [2.75, 3.05) is 5.32 Å². The number of carbonyl (C=O) groups excluding carboxylic acids is 2. The Labute approximate surface area is 206 Å². The minimum absolute atomic E-state index is 0.259. The van der Waals surface area contributed by atoms with Crippen LogP contribution in [0.15, 0.2) is 88.1 Å². The third-order valence-electron chi connectivity index (χ3n) is 5.64. The zero-order chi connectivity index (χ0) is 25.1. The topological polar surface area (TPSA) is 107 Å². The maximum atomic E-state index is 12.9.